The summed E-state index contributed by atoms with van der Waals surface area (Å²) in [6.07, 6.45) is 3.06. The summed E-state index contributed by atoms with van der Waals surface area (Å²) >= 11 is 0. The molecule has 5 heteroatoms. The molecular formula is C21H23N3O2. The molecule has 0 aliphatic rings. The minimum absolute atomic E-state index is 0.254. The molecule has 3 N–H and O–H groups in total. The lowest BCUT2D eigenvalue weighted by atomic mass is 10.1. The Kier molecular flexibility index (Phi) is 5.27. The Labute approximate surface area is 153 Å². The van der Waals surface area contributed by atoms with Gasteiger partial charge < -0.3 is 20.1 Å². The number of aromatic nitrogens is 2. The molecule has 0 saturated heterocycles. The molecule has 3 rings (SSSR count). The van der Waals surface area contributed by atoms with Gasteiger partial charge in [0.1, 0.15) is 11.5 Å². The highest BCUT2D eigenvalue weighted by Gasteiger charge is 2.13. The van der Waals surface area contributed by atoms with Crippen LogP contribution in [0.1, 0.15) is 22.5 Å². The summed E-state index contributed by atoms with van der Waals surface area (Å²) in [5.41, 5.74) is 10.6. The van der Waals surface area contributed by atoms with Crippen LogP contribution in [0.3, 0.4) is 0 Å². The smallest absolute Gasteiger partial charge is 0.119 e. The monoisotopic (exact) mass is 349 g/mol. The van der Waals surface area contributed by atoms with Crippen LogP contribution in [0.2, 0.25) is 0 Å². The van der Waals surface area contributed by atoms with Gasteiger partial charge in [-0.3, -0.25) is 0 Å². The van der Waals surface area contributed by atoms with Crippen LogP contribution in [0.4, 0.5) is 0 Å². The zero-order chi connectivity index (χ0) is 18.5. The Balaban J connectivity index is 1.90. The van der Waals surface area contributed by atoms with Gasteiger partial charge >= 0.3 is 0 Å². The molecule has 134 valence electrons. The molecule has 0 fully saturated rings. The van der Waals surface area contributed by atoms with E-state index in [2.05, 4.69) is 22.2 Å². The van der Waals surface area contributed by atoms with Crippen LogP contribution >= 0.6 is 0 Å². The van der Waals surface area contributed by atoms with Crippen LogP contribution in [0, 0.1) is 0 Å². The molecule has 1 aromatic heterocycles. The predicted octanol–water partition coefficient (Wildman–Crippen LogP) is 3.25. The maximum atomic E-state index is 9.68. The molecule has 0 amide bonds. The lowest BCUT2D eigenvalue weighted by molar-refractivity contribution is 0.414. The van der Waals surface area contributed by atoms with Crippen LogP contribution in [0.25, 0.3) is 0 Å². The first-order valence-corrected chi connectivity index (χ1v) is 8.42. The summed E-state index contributed by atoms with van der Waals surface area (Å²) in [6, 6.07) is 15.2. The van der Waals surface area contributed by atoms with Gasteiger partial charge in [0, 0.05) is 30.8 Å². The number of nitrogens with two attached hydrogens (primary N) is 1. The third kappa shape index (κ3) is 4.25. The van der Waals surface area contributed by atoms with Crippen molar-refractivity contribution in [3.63, 3.8) is 0 Å². The van der Waals surface area contributed by atoms with E-state index in [1.807, 2.05) is 36.7 Å². The average Bonchev–Trinajstić information content (AvgIpc) is 2.96. The van der Waals surface area contributed by atoms with Gasteiger partial charge in [-0.25, -0.2) is 4.98 Å². The predicted molar refractivity (Wildman–Crippen MR) is 102 cm³/mol. The number of methoxy groups -OCH3 is 1. The van der Waals surface area contributed by atoms with Crippen molar-refractivity contribution in [2.24, 2.45) is 5.73 Å². The van der Waals surface area contributed by atoms with Crippen molar-refractivity contribution in [2.45, 2.75) is 19.4 Å². The molecular weight excluding hydrogens is 326 g/mol. The number of rotatable bonds is 7. The Hall–Kier alpha value is -3.21. The number of hydrogen-bond donors (Lipinski definition) is 2. The van der Waals surface area contributed by atoms with Crippen LogP contribution in [0.5, 0.6) is 11.5 Å². The maximum Gasteiger partial charge on any atom is 0.119 e. The van der Waals surface area contributed by atoms with Crippen molar-refractivity contribution in [1.29, 1.82) is 0 Å². The van der Waals surface area contributed by atoms with Crippen molar-refractivity contribution < 1.29 is 9.84 Å². The Bertz CT molecular complexity index is 915. The SMILES string of the molecule is C=C(N)Cc1c(Cc2cccc(OC)c2)ncn1Cc1cccc(O)c1. The van der Waals surface area contributed by atoms with Crippen molar-refractivity contribution >= 4 is 0 Å². The summed E-state index contributed by atoms with van der Waals surface area (Å²) in [5.74, 6) is 1.08. The molecule has 3 aromatic rings. The Morgan fingerprint density at radius 1 is 1.19 bits per heavy atom. The largest absolute Gasteiger partial charge is 0.508 e. The number of allylic oxidation sites excluding steroid dienone is 1. The van der Waals surface area contributed by atoms with Gasteiger partial charge in [0.2, 0.25) is 0 Å². The molecule has 0 saturated carbocycles. The normalized spacial score (nSPS) is 10.7. The van der Waals surface area contributed by atoms with E-state index in [4.69, 9.17) is 10.5 Å². The summed E-state index contributed by atoms with van der Waals surface area (Å²) in [7, 11) is 1.66. The summed E-state index contributed by atoms with van der Waals surface area (Å²) in [4.78, 5) is 4.60. The van der Waals surface area contributed by atoms with E-state index in [1.165, 1.54) is 0 Å². The van der Waals surface area contributed by atoms with E-state index in [9.17, 15) is 5.11 Å². The highest BCUT2D eigenvalue weighted by molar-refractivity contribution is 5.34. The molecule has 2 aromatic carbocycles. The van der Waals surface area contributed by atoms with Crippen molar-refractivity contribution in [1.82, 2.24) is 9.55 Å². The second-order valence-corrected chi connectivity index (χ2v) is 6.30. The number of nitrogens with zero attached hydrogens (tertiary/aromatic N) is 2. The zero-order valence-electron chi connectivity index (χ0n) is 14.9. The topological polar surface area (TPSA) is 73.3 Å². The summed E-state index contributed by atoms with van der Waals surface area (Å²) in [6.45, 7) is 4.46. The average molecular weight is 349 g/mol. The molecule has 0 unspecified atom stereocenters. The number of phenols is 1. The van der Waals surface area contributed by atoms with E-state index in [-0.39, 0.29) is 5.75 Å². The minimum Gasteiger partial charge on any atom is -0.508 e. The van der Waals surface area contributed by atoms with Crippen LogP contribution in [-0.4, -0.2) is 21.8 Å². The number of aromatic hydroxyl groups is 1. The van der Waals surface area contributed by atoms with Crippen LogP contribution in [0.15, 0.2) is 67.1 Å². The molecule has 0 bridgehead atoms. The van der Waals surface area contributed by atoms with Gasteiger partial charge in [-0.2, -0.15) is 0 Å². The number of benzene rings is 2. The van der Waals surface area contributed by atoms with Crippen molar-refractivity contribution in [3.8, 4) is 11.5 Å². The third-order valence-electron chi connectivity index (χ3n) is 4.20. The van der Waals surface area contributed by atoms with Gasteiger partial charge in [-0.15, -0.1) is 0 Å². The van der Waals surface area contributed by atoms with E-state index in [1.54, 1.807) is 19.2 Å². The minimum atomic E-state index is 0.254. The second kappa shape index (κ2) is 7.78. The van der Waals surface area contributed by atoms with Gasteiger partial charge in [0.15, 0.2) is 0 Å². The highest BCUT2D eigenvalue weighted by atomic mass is 16.5. The van der Waals surface area contributed by atoms with E-state index >= 15 is 0 Å². The fourth-order valence-corrected chi connectivity index (χ4v) is 2.98. The standard InChI is InChI=1S/C21H23N3O2/c1-15(22)9-21-20(12-16-5-4-8-19(11-16)26-2)23-14-24(21)13-17-6-3-7-18(25)10-17/h3-8,10-11,14,25H,1,9,12-13,22H2,2H3. The Morgan fingerprint density at radius 3 is 2.69 bits per heavy atom. The second-order valence-electron chi connectivity index (χ2n) is 6.30. The van der Waals surface area contributed by atoms with Gasteiger partial charge in [-0.05, 0) is 35.4 Å². The molecule has 0 spiro atoms. The molecule has 0 aliphatic carbocycles. The van der Waals surface area contributed by atoms with Crippen LogP contribution in [-0.2, 0) is 19.4 Å². The molecule has 0 aliphatic heterocycles. The third-order valence-corrected chi connectivity index (χ3v) is 4.20. The first-order chi connectivity index (χ1) is 12.5. The zero-order valence-corrected chi connectivity index (χ0v) is 14.9. The van der Waals surface area contributed by atoms with Gasteiger partial charge in [0.25, 0.3) is 0 Å². The van der Waals surface area contributed by atoms with E-state index in [0.717, 1.165) is 28.3 Å². The fourth-order valence-electron chi connectivity index (χ4n) is 2.98. The number of ether oxygens (including phenoxy) is 1. The Morgan fingerprint density at radius 2 is 1.96 bits per heavy atom. The van der Waals surface area contributed by atoms with Crippen LogP contribution < -0.4 is 10.5 Å². The first kappa shape index (κ1) is 17.6. The van der Waals surface area contributed by atoms with E-state index in [0.29, 0.717) is 25.1 Å². The van der Waals surface area contributed by atoms with Crippen molar-refractivity contribution in [3.05, 3.63) is 89.6 Å². The van der Waals surface area contributed by atoms with Crippen molar-refractivity contribution in [2.75, 3.05) is 7.11 Å². The van der Waals surface area contributed by atoms with Gasteiger partial charge in [0.05, 0.1) is 19.1 Å². The molecule has 0 radical (unpaired) electrons. The number of imidazole rings is 1. The molecule has 1 heterocycles. The highest BCUT2D eigenvalue weighted by Crippen LogP contribution is 2.20. The quantitative estimate of drug-likeness (QED) is 0.687. The lowest BCUT2D eigenvalue weighted by Crippen LogP contribution is -2.09. The lowest BCUT2D eigenvalue weighted by Gasteiger charge is -2.11. The number of phenolic OH excluding ortho intramolecular Hbond substituents is 1. The maximum absolute atomic E-state index is 9.68. The van der Waals surface area contributed by atoms with Gasteiger partial charge in [-0.1, -0.05) is 30.8 Å². The molecule has 26 heavy (non-hydrogen) atoms. The molecule has 0 atom stereocenters. The summed E-state index contributed by atoms with van der Waals surface area (Å²) < 4.78 is 7.36. The number of hydrogen-bond acceptors (Lipinski definition) is 4. The summed E-state index contributed by atoms with van der Waals surface area (Å²) in [5, 5.41) is 9.68. The molecule has 5 nitrogen and oxygen atoms in total. The first-order valence-electron chi connectivity index (χ1n) is 8.42. The fraction of sp³-hybridized carbons (Fsp3) is 0.190. The van der Waals surface area contributed by atoms with E-state index < -0.39 is 0 Å².